The molecule has 2 heterocycles. The maximum Gasteiger partial charge on any atom is 0.355 e. The predicted octanol–water partition coefficient (Wildman–Crippen LogP) is 1.53. The molecule has 0 aromatic carbocycles. The molecule has 2 rings (SSSR count). The van der Waals surface area contributed by atoms with Crippen LogP contribution in [0, 0.1) is 13.8 Å². The summed E-state index contributed by atoms with van der Waals surface area (Å²) in [7, 11) is 0. The molecule has 0 saturated carbocycles. The molecule has 0 bridgehead atoms. The number of carboxylic acids is 1. The minimum absolute atomic E-state index is 0.00496. The van der Waals surface area contributed by atoms with Crippen LogP contribution < -0.4 is 5.32 Å². The van der Waals surface area contributed by atoms with Crippen molar-refractivity contribution in [1.82, 2.24) is 20.1 Å². The average molecular weight is 308 g/mol. The molecule has 8 heteroatoms. The first-order valence-electron chi connectivity index (χ1n) is 6.36. The number of thiazole rings is 1. The maximum atomic E-state index is 12.0. The lowest BCUT2D eigenvalue weighted by atomic mass is 10.3. The van der Waals surface area contributed by atoms with Gasteiger partial charge >= 0.3 is 5.97 Å². The summed E-state index contributed by atoms with van der Waals surface area (Å²) in [6.07, 6.45) is 0. The van der Waals surface area contributed by atoms with Crippen LogP contribution in [-0.2, 0) is 11.3 Å². The van der Waals surface area contributed by atoms with E-state index < -0.39 is 5.97 Å². The fourth-order valence-electron chi connectivity index (χ4n) is 1.90. The second-order valence-corrected chi connectivity index (χ2v) is 5.64. The van der Waals surface area contributed by atoms with E-state index in [9.17, 15) is 9.59 Å². The number of carbonyl (C=O) groups is 2. The van der Waals surface area contributed by atoms with Crippen LogP contribution in [0.2, 0.25) is 0 Å². The molecule has 7 nitrogen and oxygen atoms in total. The first-order valence-corrected chi connectivity index (χ1v) is 7.24. The molecule has 0 aliphatic carbocycles. The Bertz CT molecular complexity index is 677. The zero-order valence-electron chi connectivity index (χ0n) is 12.0. The van der Waals surface area contributed by atoms with Crippen molar-refractivity contribution in [3.05, 3.63) is 33.5 Å². The number of hydrogen-bond acceptors (Lipinski definition) is 5. The van der Waals surface area contributed by atoms with Crippen molar-refractivity contribution in [2.75, 3.05) is 0 Å². The first kappa shape index (κ1) is 15.2. The number of carboxylic acid groups (broad SMARTS) is 1. The van der Waals surface area contributed by atoms with Gasteiger partial charge in [0.25, 0.3) is 0 Å². The summed E-state index contributed by atoms with van der Waals surface area (Å²) in [6, 6.07) is 1.56. The lowest BCUT2D eigenvalue weighted by Crippen LogP contribution is -2.30. The number of nitrogens with one attached hydrogen (secondary N) is 1. The molecule has 0 saturated heterocycles. The van der Waals surface area contributed by atoms with E-state index in [0.717, 1.165) is 11.4 Å². The Morgan fingerprint density at radius 3 is 2.71 bits per heavy atom. The Morgan fingerprint density at radius 1 is 1.48 bits per heavy atom. The summed E-state index contributed by atoms with van der Waals surface area (Å²) in [5.74, 6) is -1.26. The molecule has 2 aromatic rings. The van der Waals surface area contributed by atoms with Gasteiger partial charge in [0, 0.05) is 11.1 Å². The summed E-state index contributed by atoms with van der Waals surface area (Å²) < 4.78 is 1.63. The fraction of sp³-hybridized carbons (Fsp3) is 0.385. The van der Waals surface area contributed by atoms with Crippen LogP contribution in [0.3, 0.4) is 0 Å². The van der Waals surface area contributed by atoms with Crippen molar-refractivity contribution in [2.45, 2.75) is 33.4 Å². The maximum absolute atomic E-state index is 12.0. The van der Waals surface area contributed by atoms with Gasteiger partial charge in [-0.05, 0) is 26.8 Å². The Kier molecular flexibility index (Phi) is 4.37. The number of nitrogens with zero attached hydrogens (tertiary/aromatic N) is 3. The largest absolute Gasteiger partial charge is 0.476 e. The summed E-state index contributed by atoms with van der Waals surface area (Å²) in [4.78, 5) is 26.7. The van der Waals surface area contributed by atoms with Gasteiger partial charge in [-0.2, -0.15) is 5.10 Å². The standard InChI is InChI=1S/C13H16N4O3S/c1-7-4-8(2)17(16-7)5-11(18)14-9(3)12-15-10(6-21-12)13(19)20/h4,6,9H,5H2,1-3H3,(H,14,18)(H,19,20). The van der Waals surface area contributed by atoms with Crippen molar-refractivity contribution in [2.24, 2.45) is 0 Å². The van der Waals surface area contributed by atoms with Crippen molar-refractivity contribution < 1.29 is 14.7 Å². The molecule has 1 atom stereocenters. The molecule has 0 spiro atoms. The van der Waals surface area contributed by atoms with Gasteiger partial charge in [-0.1, -0.05) is 0 Å². The van der Waals surface area contributed by atoms with Crippen molar-refractivity contribution >= 4 is 23.2 Å². The van der Waals surface area contributed by atoms with E-state index in [0.29, 0.717) is 5.01 Å². The molecule has 112 valence electrons. The van der Waals surface area contributed by atoms with Crippen LogP contribution in [0.15, 0.2) is 11.4 Å². The Hall–Kier alpha value is -2.22. The highest BCUT2D eigenvalue weighted by Crippen LogP contribution is 2.18. The fourth-order valence-corrected chi connectivity index (χ4v) is 2.70. The smallest absolute Gasteiger partial charge is 0.355 e. The number of amides is 1. The van der Waals surface area contributed by atoms with Gasteiger partial charge in [0.15, 0.2) is 5.69 Å². The number of carbonyl (C=O) groups excluding carboxylic acids is 1. The number of hydrogen-bond donors (Lipinski definition) is 2. The Morgan fingerprint density at radius 2 is 2.19 bits per heavy atom. The predicted molar refractivity (Wildman–Crippen MR) is 77.3 cm³/mol. The lowest BCUT2D eigenvalue weighted by molar-refractivity contribution is -0.122. The van der Waals surface area contributed by atoms with Gasteiger partial charge in [-0.15, -0.1) is 11.3 Å². The van der Waals surface area contributed by atoms with Crippen LogP contribution >= 0.6 is 11.3 Å². The lowest BCUT2D eigenvalue weighted by Gasteiger charge is -2.11. The van der Waals surface area contributed by atoms with Gasteiger partial charge in [-0.25, -0.2) is 9.78 Å². The third kappa shape index (κ3) is 3.66. The topological polar surface area (TPSA) is 97.1 Å². The molecule has 21 heavy (non-hydrogen) atoms. The van der Waals surface area contributed by atoms with Gasteiger partial charge < -0.3 is 10.4 Å². The summed E-state index contributed by atoms with van der Waals surface area (Å²) in [5, 5.41) is 17.9. The van der Waals surface area contributed by atoms with E-state index in [1.807, 2.05) is 19.9 Å². The summed E-state index contributed by atoms with van der Waals surface area (Å²) in [6.45, 7) is 5.65. The van der Waals surface area contributed by atoms with Crippen LogP contribution in [0.4, 0.5) is 0 Å². The van der Waals surface area contributed by atoms with Gasteiger partial charge in [0.1, 0.15) is 11.6 Å². The SMILES string of the molecule is Cc1cc(C)n(CC(=O)NC(C)c2nc(C(=O)O)cs2)n1. The summed E-state index contributed by atoms with van der Waals surface area (Å²) in [5.41, 5.74) is 1.77. The van der Waals surface area contributed by atoms with Crippen LogP contribution in [0.25, 0.3) is 0 Å². The summed E-state index contributed by atoms with van der Waals surface area (Å²) >= 11 is 1.21. The van der Waals surface area contributed by atoms with Crippen LogP contribution in [0.5, 0.6) is 0 Å². The molecule has 2 N–H and O–H groups in total. The van der Waals surface area contributed by atoms with E-state index in [1.165, 1.54) is 16.7 Å². The van der Waals surface area contributed by atoms with Gasteiger partial charge in [-0.3, -0.25) is 9.48 Å². The zero-order valence-corrected chi connectivity index (χ0v) is 12.8. The van der Waals surface area contributed by atoms with Crippen LogP contribution in [-0.4, -0.2) is 31.7 Å². The minimum Gasteiger partial charge on any atom is -0.476 e. The monoisotopic (exact) mass is 308 g/mol. The molecule has 0 radical (unpaired) electrons. The molecule has 0 fully saturated rings. The molecule has 2 aromatic heterocycles. The highest BCUT2D eigenvalue weighted by atomic mass is 32.1. The third-order valence-electron chi connectivity index (χ3n) is 2.89. The molecular weight excluding hydrogens is 292 g/mol. The Labute approximate surface area is 125 Å². The van der Waals surface area contributed by atoms with Gasteiger partial charge in [0.05, 0.1) is 11.7 Å². The van der Waals surface area contributed by atoms with Crippen molar-refractivity contribution in [3.8, 4) is 0 Å². The minimum atomic E-state index is -1.07. The van der Waals surface area contributed by atoms with E-state index in [1.54, 1.807) is 11.6 Å². The third-order valence-corrected chi connectivity index (χ3v) is 3.91. The normalized spacial score (nSPS) is 12.1. The van der Waals surface area contributed by atoms with E-state index in [2.05, 4.69) is 15.4 Å². The van der Waals surface area contributed by atoms with E-state index in [4.69, 9.17) is 5.11 Å². The Balaban J connectivity index is 1.98. The zero-order chi connectivity index (χ0) is 15.6. The highest BCUT2D eigenvalue weighted by molar-refractivity contribution is 7.09. The number of aromatic nitrogens is 3. The number of rotatable bonds is 5. The van der Waals surface area contributed by atoms with E-state index >= 15 is 0 Å². The highest BCUT2D eigenvalue weighted by Gasteiger charge is 2.16. The van der Waals surface area contributed by atoms with E-state index in [-0.39, 0.29) is 24.2 Å². The van der Waals surface area contributed by atoms with Crippen LogP contribution in [0.1, 0.15) is 39.8 Å². The number of aromatic carboxylic acids is 1. The molecule has 1 amide bonds. The molecule has 1 unspecified atom stereocenters. The average Bonchev–Trinajstić information content (AvgIpc) is 2.97. The number of aryl methyl sites for hydroxylation is 2. The second kappa shape index (κ2) is 6.04. The van der Waals surface area contributed by atoms with Crippen molar-refractivity contribution in [3.63, 3.8) is 0 Å². The quantitative estimate of drug-likeness (QED) is 0.873. The first-order chi connectivity index (χ1) is 9.86. The van der Waals surface area contributed by atoms with Gasteiger partial charge in [0.2, 0.25) is 5.91 Å². The molecule has 0 aliphatic heterocycles. The second-order valence-electron chi connectivity index (χ2n) is 4.75. The molecule has 0 aliphatic rings. The molecular formula is C13H16N4O3S. The van der Waals surface area contributed by atoms with Crippen molar-refractivity contribution in [1.29, 1.82) is 0 Å².